The lowest BCUT2D eigenvalue weighted by molar-refractivity contribution is -0.115. The van der Waals surface area contributed by atoms with Crippen LogP contribution in [-0.2, 0) is 11.2 Å². The maximum atomic E-state index is 12.2. The monoisotopic (exact) mass is 348 g/mol. The number of rotatable bonds is 6. The van der Waals surface area contributed by atoms with Crippen LogP contribution >= 0.6 is 0 Å². The summed E-state index contributed by atoms with van der Waals surface area (Å²) in [7, 11) is 1.53. The number of carbonyl (C=O) groups excluding carboxylic acids is 2. The molecular weight excluding hydrogens is 330 g/mol. The zero-order valence-electron chi connectivity index (χ0n) is 13.8. The molecule has 0 fully saturated rings. The maximum Gasteiger partial charge on any atom is 0.387 e. The number of nitrogens with one attached hydrogen (secondary N) is 2. The molecule has 0 aliphatic carbocycles. The Labute approximate surface area is 144 Å². The lowest BCUT2D eigenvalue weighted by atomic mass is 10.1. The third-order valence-corrected chi connectivity index (χ3v) is 3.57. The number of hydrogen-bond acceptors (Lipinski definition) is 3. The summed E-state index contributed by atoms with van der Waals surface area (Å²) in [5.74, 6) is -0.574. The van der Waals surface area contributed by atoms with E-state index in [-0.39, 0.29) is 24.0 Å². The van der Waals surface area contributed by atoms with Crippen LogP contribution in [0.2, 0.25) is 0 Å². The molecule has 2 amide bonds. The highest BCUT2D eigenvalue weighted by atomic mass is 19.3. The molecule has 2 N–H and O–H groups in total. The first kappa shape index (κ1) is 18.4. The fraction of sp³-hybridized carbons (Fsp3) is 0.222. The molecule has 0 spiro atoms. The molecule has 0 aliphatic rings. The highest BCUT2D eigenvalue weighted by molar-refractivity contribution is 5.99. The highest BCUT2D eigenvalue weighted by Gasteiger charge is 2.13. The van der Waals surface area contributed by atoms with Gasteiger partial charge in [-0.3, -0.25) is 9.59 Å². The summed E-state index contributed by atoms with van der Waals surface area (Å²) >= 11 is 0. The fourth-order valence-corrected chi connectivity index (χ4v) is 2.36. The molecule has 2 aromatic rings. The Morgan fingerprint density at radius 1 is 1.16 bits per heavy atom. The molecule has 0 saturated carbocycles. The summed E-state index contributed by atoms with van der Waals surface area (Å²) < 4.78 is 28.8. The summed E-state index contributed by atoms with van der Waals surface area (Å²) in [6.45, 7) is -1.18. The molecule has 2 aromatic carbocycles. The average Bonchev–Trinajstić information content (AvgIpc) is 2.55. The first-order valence-electron chi connectivity index (χ1n) is 7.56. The lowest BCUT2D eigenvalue weighted by Gasteiger charge is -2.12. The third-order valence-electron chi connectivity index (χ3n) is 3.57. The van der Waals surface area contributed by atoms with Gasteiger partial charge in [0.25, 0.3) is 5.91 Å². The van der Waals surface area contributed by atoms with Gasteiger partial charge in [0.1, 0.15) is 5.75 Å². The minimum absolute atomic E-state index is 0.00176. The Kier molecular flexibility index (Phi) is 6.05. The predicted molar refractivity (Wildman–Crippen MR) is 90.0 cm³/mol. The Bertz CT molecular complexity index is 779. The van der Waals surface area contributed by atoms with Gasteiger partial charge in [0.05, 0.1) is 6.42 Å². The Hall–Kier alpha value is -2.96. The summed E-state index contributed by atoms with van der Waals surface area (Å²) in [6.07, 6.45) is -0.00984. The summed E-state index contributed by atoms with van der Waals surface area (Å²) in [5.41, 5.74) is 2.17. The van der Waals surface area contributed by atoms with Crippen molar-refractivity contribution in [1.82, 2.24) is 5.32 Å². The summed E-state index contributed by atoms with van der Waals surface area (Å²) in [4.78, 5) is 24.0. The number of alkyl halides is 2. The van der Waals surface area contributed by atoms with Crippen LogP contribution < -0.4 is 15.4 Å². The van der Waals surface area contributed by atoms with Crippen molar-refractivity contribution in [2.75, 3.05) is 12.4 Å². The molecule has 0 aromatic heterocycles. The smallest absolute Gasteiger partial charge is 0.387 e. The van der Waals surface area contributed by atoms with Crippen LogP contribution in [0.1, 0.15) is 21.5 Å². The quantitative estimate of drug-likeness (QED) is 0.843. The second-order valence-electron chi connectivity index (χ2n) is 5.31. The molecule has 0 radical (unpaired) electrons. The van der Waals surface area contributed by atoms with Crippen LogP contribution in [0, 0.1) is 6.92 Å². The summed E-state index contributed by atoms with van der Waals surface area (Å²) in [6, 6.07) is 11.0. The van der Waals surface area contributed by atoms with Crippen LogP contribution in [0.4, 0.5) is 14.5 Å². The fourth-order valence-electron chi connectivity index (χ4n) is 2.36. The van der Waals surface area contributed by atoms with E-state index < -0.39 is 6.61 Å². The third kappa shape index (κ3) is 5.00. The van der Waals surface area contributed by atoms with Crippen LogP contribution in [0.3, 0.4) is 0 Å². The molecule has 0 unspecified atom stereocenters. The Morgan fingerprint density at radius 2 is 1.88 bits per heavy atom. The van der Waals surface area contributed by atoms with E-state index in [2.05, 4.69) is 15.4 Å². The molecule has 0 atom stereocenters. The maximum absolute atomic E-state index is 12.2. The molecule has 5 nitrogen and oxygen atoms in total. The largest absolute Gasteiger partial charge is 0.435 e. The van der Waals surface area contributed by atoms with Gasteiger partial charge in [-0.2, -0.15) is 8.78 Å². The van der Waals surface area contributed by atoms with E-state index in [0.29, 0.717) is 22.4 Å². The van der Waals surface area contributed by atoms with Gasteiger partial charge in [0, 0.05) is 18.3 Å². The van der Waals surface area contributed by atoms with Crippen molar-refractivity contribution in [2.24, 2.45) is 0 Å². The number of halogens is 2. The minimum atomic E-state index is -2.92. The minimum Gasteiger partial charge on any atom is -0.435 e. The molecule has 0 heterocycles. The van der Waals surface area contributed by atoms with Gasteiger partial charge in [-0.15, -0.1) is 0 Å². The van der Waals surface area contributed by atoms with Crippen molar-refractivity contribution in [2.45, 2.75) is 20.0 Å². The molecule has 25 heavy (non-hydrogen) atoms. The Morgan fingerprint density at radius 3 is 2.56 bits per heavy atom. The second kappa shape index (κ2) is 8.23. The van der Waals surface area contributed by atoms with E-state index in [0.717, 1.165) is 0 Å². The van der Waals surface area contributed by atoms with Gasteiger partial charge < -0.3 is 15.4 Å². The number of ether oxygens (including phenoxy) is 1. The van der Waals surface area contributed by atoms with Crippen molar-refractivity contribution in [3.05, 3.63) is 59.2 Å². The topological polar surface area (TPSA) is 67.4 Å². The first-order chi connectivity index (χ1) is 11.9. The van der Waals surface area contributed by atoms with E-state index in [9.17, 15) is 18.4 Å². The van der Waals surface area contributed by atoms with E-state index in [1.165, 1.54) is 25.2 Å². The molecule has 0 saturated heterocycles. The molecular formula is C18H18F2N2O3. The van der Waals surface area contributed by atoms with Crippen molar-refractivity contribution >= 4 is 17.5 Å². The molecule has 7 heteroatoms. The normalized spacial score (nSPS) is 10.4. The van der Waals surface area contributed by atoms with E-state index in [4.69, 9.17) is 0 Å². The van der Waals surface area contributed by atoms with Crippen LogP contribution in [0.5, 0.6) is 5.75 Å². The molecule has 0 aliphatic heterocycles. The SMILES string of the molecule is CNC(=O)c1cccc(NC(=O)Cc2cccc(OC(F)F)c2)c1C. The number of anilines is 1. The average molecular weight is 348 g/mol. The zero-order valence-corrected chi connectivity index (χ0v) is 13.8. The number of hydrogen-bond donors (Lipinski definition) is 2. The molecule has 2 rings (SSSR count). The van der Waals surface area contributed by atoms with Crippen LogP contribution in [-0.4, -0.2) is 25.5 Å². The van der Waals surface area contributed by atoms with E-state index in [1.54, 1.807) is 31.2 Å². The van der Waals surface area contributed by atoms with Gasteiger partial charge >= 0.3 is 6.61 Å². The van der Waals surface area contributed by atoms with Gasteiger partial charge in [0.2, 0.25) is 5.91 Å². The van der Waals surface area contributed by atoms with Crippen molar-refractivity contribution in [3.63, 3.8) is 0 Å². The molecule has 0 bridgehead atoms. The van der Waals surface area contributed by atoms with E-state index >= 15 is 0 Å². The van der Waals surface area contributed by atoms with Crippen molar-refractivity contribution in [1.29, 1.82) is 0 Å². The van der Waals surface area contributed by atoms with Crippen LogP contribution in [0.15, 0.2) is 42.5 Å². The van der Waals surface area contributed by atoms with Gasteiger partial charge in [-0.1, -0.05) is 18.2 Å². The number of amides is 2. The predicted octanol–water partition coefficient (Wildman–Crippen LogP) is 3.14. The number of carbonyl (C=O) groups is 2. The van der Waals surface area contributed by atoms with Gasteiger partial charge in [-0.25, -0.2) is 0 Å². The Balaban J connectivity index is 2.09. The second-order valence-corrected chi connectivity index (χ2v) is 5.31. The van der Waals surface area contributed by atoms with Crippen molar-refractivity contribution in [3.8, 4) is 5.75 Å². The zero-order chi connectivity index (χ0) is 18.4. The molecule has 132 valence electrons. The van der Waals surface area contributed by atoms with Crippen molar-refractivity contribution < 1.29 is 23.1 Å². The summed E-state index contributed by atoms with van der Waals surface area (Å²) in [5, 5.41) is 5.27. The van der Waals surface area contributed by atoms with E-state index in [1.807, 2.05) is 0 Å². The first-order valence-corrected chi connectivity index (χ1v) is 7.56. The van der Waals surface area contributed by atoms with Gasteiger partial charge in [-0.05, 0) is 42.3 Å². The number of benzene rings is 2. The standard InChI is InChI=1S/C18H18F2N2O3/c1-11-14(17(24)21-2)7-4-8-15(11)22-16(23)10-12-5-3-6-13(9-12)25-18(19)20/h3-9,18H,10H2,1-2H3,(H,21,24)(H,22,23). The highest BCUT2D eigenvalue weighted by Crippen LogP contribution is 2.20. The lowest BCUT2D eigenvalue weighted by Crippen LogP contribution is -2.20. The van der Waals surface area contributed by atoms with Crippen LogP contribution in [0.25, 0.3) is 0 Å². The van der Waals surface area contributed by atoms with Gasteiger partial charge in [0.15, 0.2) is 0 Å².